The van der Waals surface area contributed by atoms with E-state index in [1.165, 1.54) is 0 Å². The lowest BCUT2D eigenvalue weighted by Crippen LogP contribution is -2.44. The number of nitrogens with zero attached hydrogens (tertiary/aromatic N) is 1. The van der Waals surface area contributed by atoms with Crippen LogP contribution in [0, 0.1) is 5.82 Å². The van der Waals surface area contributed by atoms with Crippen molar-refractivity contribution in [3.63, 3.8) is 0 Å². The number of pyridine rings is 1. The van der Waals surface area contributed by atoms with E-state index in [1.807, 2.05) is 4.90 Å². The molecule has 148 valence electrons. The molecule has 28 heavy (non-hydrogen) atoms. The molecule has 2 atom stereocenters. The van der Waals surface area contributed by atoms with E-state index in [2.05, 4.69) is 10.3 Å². The van der Waals surface area contributed by atoms with Gasteiger partial charge in [0, 0.05) is 18.3 Å². The van der Waals surface area contributed by atoms with Gasteiger partial charge < -0.3 is 15.2 Å². The molecule has 4 rings (SSSR count). The van der Waals surface area contributed by atoms with Crippen LogP contribution in [0.1, 0.15) is 35.6 Å². The number of thiocarbonyl (C=S) groups is 1. The fraction of sp³-hybridized carbons (Fsp3) is 0.333. The van der Waals surface area contributed by atoms with Crippen molar-refractivity contribution in [1.82, 2.24) is 9.88 Å². The average molecular weight is 432 g/mol. The van der Waals surface area contributed by atoms with Crippen LogP contribution in [0.5, 0.6) is 0 Å². The monoisotopic (exact) mass is 431 g/mol. The van der Waals surface area contributed by atoms with E-state index in [0.29, 0.717) is 12.5 Å². The number of aromatic nitrogens is 1. The summed E-state index contributed by atoms with van der Waals surface area (Å²) >= 11 is 11.1. The predicted molar refractivity (Wildman–Crippen MR) is 101 cm³/mol. The van der Waals surface area contributed by atoms with Gasteiger partial charge in [-0.3, -0.25) is 4.79 Å². The maximum absolute atomic E-state index is 14.2. The van der Waals surface area contributed by atoms with Crippen molar-refractivity contribution in [2.75, 3.05) is 5.32 Å². The van der Waals surface area contributed by atoms with Crippen LogP contribution in [0.25, 0.3) is 0 Å². The van der Waals surface area contributed by atoms with Crippen LogP contribution < -0.4 is 10.9 Å². The van der Waals surface area contributed by atoms with Gasteiger partial charge in [-0.25, -0.2) is 4.39 Å². The van der Waals surface area contributed by atoms with E-state index < -0.39 is 22.6 Å². The molecule has 0 saturated carbocycles. The van der Waals surface area contributed by atoms with E-state index >= 15 is 0 Å². The molecule has 2 bridgehead atoms. The topological polar surface area (TPSA) is 48.1 Å². The van der Waals surface area contributed by atoms with Crippen molar-refractivity contribution in [3.05, 3.63) is 62.3 Å². The van der Waals surface area contributed by atoms with Gasteiger partial charge in [0.05, 0.1) is 22.3 Å². The lowest BCUT2D eigenvalue weighted by atomic mass is 9.95. The smallest absolute Gasteiger partial charge is 0.339 e. The third-order valence-corrected chi connectivity index (χ3v) is 5.83. The van der Waals surface area contributed by atoms with E-state index in [1.54, 1.807) is 12.3 Å². The summed E-state index contributed by atoms with van der Waals surface area (Å²) in [6.07, 6.45) is -0.820. The molecule has 1 aromatic carbocycles. The summed E-state index contributed by atoms with van der Waals surface area (Å²) in [5.74, 6) is -1.09. The van der Waals surface area contributed by atoms with Gasteiger partial charge in [0.2, 0.25) is 5.56 Å². The number of fused-ring (bicyclic) bond motifs is 4. The molecule has 10 heteroatoms. The van der Waals surface area contributed by atoms with E-state index in [4.69, 9.17) is 23.8 Å². The van der Waals surface area contributed by atoms with Crippen LogP contribution in [0.2, 0.25) is 5.02 Å². The highest BCUT2D eigenvalue weighted by molar-refractivity contribution is 7.80. The van der Waals surface area contributed by atoms with Crippen molar-refractivity contribution in [2.45, 2.75) is 37.5 Å². The first-order chi connectivity index (χ1) is 13.1. The molecule has 2 aliphatic heterocycles. The second-order valence-corrected chi connectivity index (χ2v) is 7.67. The molecule has 4 nitrogen and oxygen atoms in total. The van der Waals surface area contributed by atoms with Gasteiger partial charge in [-0.2, -0.15) is 13.2 Å². The number of nitrogens with one attached hydrogen (secondary N) is 2. The normalized spacial score (nSPS) is 20.8. The molecule has 0 spiro atoms. The van der Waals surface area contributed by atoms with Gasteiger partial charge in [-0.05, 0) is 54.7 Å². The Bertz CT molecular complexity index is 1020. The largest absolute Gasteiger partial charge is 0.417 e. The standard InChI is InChI=1S/C18H14ClF4N3OS/c19-12-6-14(13(20)5-11(12)18(21,22)23)25-17(28)26-9-1-2-15(26)10-7-24-16(27)4-8(10)3-9/h4-7,9,15H,1-3H2,(H,24,27)(H,25,28)/t9-,15?/m1/s1. The Morgan fingerprint density at radius 2 is 2.04 bits per heavy atom. The third kappa shape index (κ3) is 3.26. The van der Waals surface area contributed by atoms with Crippen molar-refractivity contribution in [2.24, 2.45) is 0 Å². The molecular weight excluding hydrogens is 418 g/mol. The summed E-state index contributed by atoms with van der Waals surface area (Å²) in [5.41, 5.74) is 0.282. The van der Waals surface area contributed by atoms with E-state index in [-0.39, 0.29) is 28.4 Å². The van der Waals surface area contributed by atoms with Crippen LogP contribution in [0.3, 0.4) is 0 Å². The molecule has 2 aromatic rings. The SMILES string of the molecule is O=c1cc2c(c[nH]1)C1CC[C@H](C2)N1C(=S)Nc1cc(Cl)c(C(F)(F)F)cc1F. The van der Waals surface area contributed by atoms with Crippen molar-refractivity contribution < 1.29 is 17.6 Å². The molecule has 2 aliphatic rings. The van der Waals surface area contributed by atoms with Crippen LogP contribution in [-0.4, -0.2) is 21.0 Å². The molecule has 1 unspecified atom stereocenters. The summed E-state index contributed by atoms with van der Waals surface area (Å²) in [6, 6.07) is 2.77. The Morgan fingerprint density at radius 1 is 1.29 bits per heavy atom. The number of alkyl halides is 3. The van der Waals surface area contributed by atoms with E-state index in [0.717, 1.165) is 30.0 Å². The second-order valence-electron chi connectivity index (χ2n) is 6.88. The molecule has 1 fully saturated rings. The first-order valence-corrected chi connectivity index (χ1v) is 9.31. The maximum Gasteiger partial charge on any atom is 0.417 e. The Kier molecular flexibility index (Phi) is 4.62. The number of aromatic amines is 1. The summed E-state index contributed by atoms with van der Waals surface area (Å²) < 4.78 is 52.8. The van der Waals surface area contributed by atoms with E-state index in [9.17, 15) is 22.4 Å². The van der Waals surface area contributed by atoms with Crippen molar-refractivity contribution in [3.8, 4) is 0 Å². The number of halogens is 5. The maximum atomic E-state index is 14.2. The lowest BCUT2D eigenvalue weighted by Gasteiger charge is -2.38. The molecule has 1 saturated heterocycles. The number of H-pyrrole nitrogens is 1. The molecule has 2 N–H and O–H groups in total. The van der Waals surface area contributed by atoms with Crippen LogP contribution in [0.4, 0.5) is 23.2 Å². The van der Waals surface area contributed by atoms with Crippen LogP contribution in [-0.2, 0) is 12.6 Å². The fourth-order valence-electron chi connectivity index (χ4n) is 4.00. The zero-order valence-electron chi connectivity index (χ0n) is 14.2. The molecule has 0 amide bonds. The van der Waals surface area contributed by atoms with Gasteiger partial charge in [0.25, 0.3) is 0 Å². The van der Waals surface area contributed by atoms with Crippen LogP contribution in [0.15, 0.2) is 29.2 Å². The Morgan fingerprint density at radius 3 is 2.75 bits per heavy atom. The summed E-state index contributed by atoms with van der Waals surface area (Å²) in [4.78, 5) is 16.1. The van der Waals surface area contributed by atoms with Crippen molar-refractivity contribution >= 4 is 34.6 Å². The van der Waals surface area contributed by atoms with Crippen LogP contribution >= 0.6 is 23.8 Å². The Balaban J connectivity index is 1.61. The van der Waals surface area contributed by atoms with Gasteiger partial charge in [-0.15, -0.1) is 0 Å². The summed E-state index contributed by atoms with van der Waals surface area (Å²) in [7, 11) is 0. The summed E-state index contributed by atoms with van der Waals surface area (Å²) in [5, 5.41) is 2.30. The zero-order valence-corrected chi connectivity index (χ0v) is 15.8. The quantitative estimate of drug-likeness (QED) is 0.510. The molecule has 0 aliphatic carbocycles. The number of rotatable bonds is 1. The number of hydrogen-bond acceptors (Lipinski definition) is 2. The minimum Gasteiger partial charge on any atom is -0.339 e. The summed E-state index contributed by atoms with van der Waals surface area (Å²) in [6.45, 7) is 0. The number of hydrogen-bond donors (Lipinski definition) is 2. The Hall–Kier alpha value is -2.13. The Labute approximate surface area is 167 Å². The van der Waals surface area contributed by atoms with Gasteiger partial charge in [-0.1, -0.05) is 11.6 Å². The highest BCUT2D eigenvalue weighted by Gasteiger charge is 2.41. The minimum atomic E-state index is -4.75. The van der Waals surface area contributed by atoms with Gasteiger partial charge in [0.15, 0.2) is 5.11 Å². The fourth-order valence-corrected chi connectivity index (χ4v) is 4.66. The van der Waals surface area contributed by atoms with Gasteiger partial charge >= 0.3 is 6.18 Å². The predicted octanol–water partition coefficient (Wildman–Crippen LogP) is 4.64. The highest BCUT2D eigenvalue weighted by atomic mass is 35.5. The third-order valence-electron chi connectivity index (χ3n) is 5.20. The molecular formula is C18H14ClF4N3OS. The zero-order chi connectivity index (χ0) is 20.2. The molecule has 1 aromatic heterocycles. The average Bonchev–Trinajstić information content (AvgIpc) is 2.92. The highest BCUT2D eigenvalue weighted by Crippen LogP contribution is 2.43. The van der Waals surface area contributed by atoms with Gasteiger partial charge in [0.1, 0.15) is 5.82 Å². The minimum absolute atomic E-state index is 0.0345. The number of benzene rings is 1. The first-order valence-electron chi connectivity index (χ1n) is 8.52. The lowest BCUT2D eigenvalue weighted by molar-refractivity contribution is -0.137. The second kappa shape index (κ2) is 6.73. The number of anilines is 1. The first kappa shape index (κ1) is 19.2. The van der Waals surface area contributed by atoms with Crippen molar-refractivity contribution in [1.29, 1.82) is 0 Å². The molecule has 0 radical (unpaired) electrons. The molecule has 3 heterocycles.